The Morgan fingerprint density at radius 3 is 2.76 bits per heavy atom. The van der Waals surface area contributed by atoms with E-state index in [2.05, 4.69) is 11.1 Å². The van der Waals surface area contributed by atoms with Crippen LogP contribution in [0.15, 0.2) is 36.7 Å². The predicted molar refractivity (Wildman–Crippen MR) is 64.5 cm³/mol. The van der Waals surface area contributed by atoms with Crippen molar-refractivity contribution in [2.75, 3.05) is 0 Å². The van der Waals surface area contributed by atoms with E-state index < -0.39 is 0 Å². The van der Waals surface area contributed by atoms with Crippen molar-refractivity contribution in [1.29, 1.82) is 5.26 Å². The number of benzene rings is 1. The average Bonchev–Trinajstić information content (AvgIpc) is 2.38. The molecule has 0 bridgehead atoms. The highest BCUT2D eigenvalue weighted by Gasteiger charge is 2.04. The molecule has 17 heavy (non-hydrogen) atoms. The first kappa shape index (κ1) is 11.0. The molecular formula is C14H10N2O. The van der Waals surface area contributed by atoms with Gasteiger partial charge < -0.3 is 0 Å². The summed E-state index contributed by atoms with van der Waals surface area (Å²) in [5.74, 6) is 0. The fraction of sp³-hybridized carbons (Fsp3) is 0.0714. The molecule has 3 heteroatoms. The predicted octanol–water partition coefficient (Wildman–Crippen LogP) is 2.74. The summed E-state index contributed by atoms with van der Waals surface area (Å²) in [5, 5.41) is 8.82. The first-order valence-corrected chi connectivity index (χ1v) is 5.16. The van der Waals surface area contributed by atoms with Gasteiger partial charge in [-0.2, -0.15) is 5.26 Å². The number of hydrogen-bond donors (Lipinski definition) is 0. The quantitative estimate of drug-likeness (QED) is 0.734. The average molecular weight is 222 g/mol. The molecule has 0 aliphatic carbocycles. The lowest BCUT2D eigenvalue weighted by Gasteiger charge is -2.06. The fourth-order valence-electron chi connectivity index (χ4n) is 1.73. The SMILES string of the molecule is Cc1cc(C=O)ccc1-c1cncc(C#N)c1. The van der Waals surface area contributed by atoms with E-state index in [4.69, 9.17) is 5.26 Å². The van der Waals surface area contributed by atoms with Crippen LogP contribution in [0.3, 0.4) is 0 Å². The van der Waals surface area contributed by atoms with Crippen LogP contribution in [-0.2, 0) is 0 Å². The molecule has 0 aliphatic heterocycles. The van der Waals surface area contributed by atoms with Crippen LogP contribution in [0, 0.1) is 18.3 Å². The van der Waals surface area contributed by atoms with Crippen molar-refractivity contribution in [2.45, 2.75) is 6.92 Å². The number of nitriles is 1. The van der Waals surface area contributed by atoms with E-state index in [1.54, 1.807) is 18.3 Å². The molecule has 82 valence electrons. The minimum atomic E-state index is 0.529. The standard InChI is InChI=1S/C14H10N2O/c1-10-4-11(9-17)2-3-14(10)13-5-12(6-15)7-16-8-13/h2-5,7-9H,1H3. The third-order valence-electron chi connectivity index (χ3n) is 2.56. The van der Waals surface area contributed by atoms with Crippen LogP contribution in [0.2, 0.25) is 0 Å². The normalized spacial score (nSPS) is 9.65. The summed E-state index contributed by atoms with van der Waals surface area (Å²) in [5.41, 5.74) is 4.04. The second-order valence-corrected chi connectivity index (χ2v) is 3.77. The molecule has 0 amide bonds. The van der Waals surface area contributed by atoms with Crippen molar-refractivity contribution in [2.24, 2.45) is 0 Å². The van der Waals surface area contributed by atoms with Crippen LogP contribution < -0.4 is 0 Å². The minimum Gasteiger partial charge on any atom is -0.298 e. The van der Waals surface area contributed by atoms with Crippen molar-refractivity contribution in [3.8, 4) is 17.2 Å². The van der Waals surface area contributed by atoms with Gasteiger partial charge in [-0.3, -0.25) is 9.78 Å². The van der Waals surface area contributed by atoms with Crippen LogP contribution in [0.4, 0.5) is 0 Å². The molecule has 0 saturated heterocycles. The number of nitrogens with zero attached hydrogens (tertiary/aromatic N) is 2. The van der Waals surface area contributed by atoms with Gasteiger partial charge in [0.05, 0.1) is 5.56 Å². The molecule has 0 radical (unpaired) electrons. The molecule has 1 aromatic heterocycles. The Labute approximate surface area is 99.4 Å². The van der Waals surface area contributed by atoms with E-state index in [1.165, 1.54) is 6.20 Å². The van der Waals surface area contributed by atoms with Gasteiger partial charge in [0.25, 0.3) is 0 Å². The van der Waals surface area contributed by atoms with Crippen molar-refractivity contribution in [1.82, 2.24) is 4.98 Å². The number of pyridine rings is 1. The van der Waals surface area contributed by atoms with Gasteiger partial charge in [0, 0.05) is 23.5 Å². The number of hydrogen-bond acceptors (Lipinski definition) is 3. The van der Waals surface area contributed by atoms with Gasteiger partial charge in [-0.05, 0) is 30.2 Å². The topological polar surface area (TPSA) is 53.8 Å². The monoisotopic (exact) mass is 222 g/mol. The van der Waals surface area contributed by atoms with Crippen LogP contribution >= 0.6 is 0 Å². The van der Waals surface area contributed by atoms with E-state index in [9.17, 15) is 4.79 Å². The highest BCUT2D eigenvalue weighted by molar-refractivity contribution is 5.78. The van der Waals surface area contributed by atoms with Crippen LogP contribution in [0.1, 0.15) is 21.5 Å². The lowest BCUT2D eigenvalue weighted by Crippen LogP contribution is -1.89. The molecule has 0 fully saturated rings. The first-order chi connectivity index (χ1) is 8.24. The largest absolute Gasteiger partial charge is 0.298 e. The second kappa shape index (κ2) is 4.58. The molecule has 0 spiro atoms. The maximum absolute atomic E-state index is 10.7. The van der Waals surface area contributed by atoms with E-state index in [0.29, 0.717) is 11.1 Å². The van der Waals surface area contributed by atoms with Gasteiger partial charge >= 0.3 is 0 Å². The molecule has 2 aromatic rings. The van der Waals surface area contributed by atoms with E-state index in [-0.39, 0.29) is 0 Å². The zero-order valence-corrected chi connectivity index (χ0v) is 9.34. The van der Waals surface area contributed by atoms with Crippen LogP contribution in [0.5, 0.6) is 0 Å². The van der Waals surface area contributed by atoms with Crippen LogP contribution in [0.25, 0.3) is 11.1 Å². The highest BCUT2D eigenvalue weighted by Crippen LogP contribution is 2.23. The summed E-state index contributed by atoms with van der Waals surface area (Å²) < 4.78 is 0. The second-order valence-electron chi connectivity index (χ2n) is 3.77. The number of rotatable bonds is 2. The van der Waals surface area contributed by atoms with Crippen molar-refractivity contribution in [3.63, 3.8) is 0 Å². The summed E-state index contributed by atoms with van der Waals surface area (Å²) in [6.07, 6.45) is 4.06. The zero-order valence-electron chi connectivity index (χ0n) is 9.34. The molecule has 0 saturated carbocycles. The maximum atomic E-state index is 10.7. The zero-order chi connectivity index (χ0) is 12.3. The lowest BCUT2D eigenvalue weighted by atomic mass is 9.99. The Kier molecular flexibility index (Phi) is 2.97. The molecule has 3 nitrogen and oxygen atoms in total. The summed E-state index contributed by atoms with van der Waals surface area (Å²) in [6, 6.07) is 9.30. The van der Waals surface area contributed by atoms with Gasteiger partial charge in [-0.15, -0.1) is 0 Å². The van der Waals surface area contributed by atoms with E-state index >= 15 is 0 Å². The Balaban J connectivity index is 2.53. The molecule has 0 N–H and O–H groups in total. The molecule has 0 unspecified atom stereocenters. The summed E-state index contributed by atoms with van der Waals surface area (Å²) in [4.78, 5) is 14.7. The Morgan fingerprint density at radius 1 is 1.29 bits per heavy atom. The Morgan fingerprint density at radius 2 is 2.12 bits per heavy atom. The van der Waals surface area contributed by atoms with Crippen LogP contribution in [-0.4, -0.2) is 11.3 Å². The number of aryl methyl sites for hydroxylation is 1. The fourth-order valence-corrected chi connectivity index (χ4v) is 1.73. The Hall–Kier alpha value is -2.47. The summed E-state index contributed by atoms with van der Waals surface area (Å²) in [7, 11) is 0. The summed E-state index contributed by atoms with van der Waals surface area (Å²) >= 11 is 0. The van der Waals surface area contributed by atoms with Crippen molar-refractivity contribution < 1.29 is 4.79 Å². The molecular weight excluding hydrogens is 212 g/mol. The van der Waals surface area contributed by atoms with Gasteiger partial charge in [0.1, 0.15) is 12.4 Å². The number of aldehydes is 1. The highest BCUT2D eigenvalue weighted by atomic mass is 16.1. The number of aromatic nitrogens is 1. The van der Waals surface area contributed by atoms with E-state index in [1.807, 2.05) is 19.1 Å². The molecule has 1 heterocycles. The lowest BCUT2D eigenvalue weighted by molar-refractivity contribution is 0.112. The summed E-state index contributed by atoms with van der Waals surface area (Å²) in [6.45, 7) is 1.93. The van der Waals surface area contributed by atoms with E-state index in [0.717, 1.165) is 23.0 Å². The third-order valence-corrected chi connectivity index (χ3v) is 2.56. The third kappa shape index (κ3) is 2.21. The maximum Gasteiger partial charge on any atom is 0.150 e. The molecule has 0 atom stereocenters. The van der Waals surface area contributed by atoms with Gasteiger partial charge in [-0.1, -0.05) is 12.1 Å². The Bertz CT molecular complexity index is 612. The smallest absolute Gasteiger partial charge is 0.150 e. The number of carbonyl (C=O) groups excluding carboxylic acids is 1. The molecule has 0 aliphatic rings. The van der Waals surface area contributed by atoms with Gasteiger partial charge in [0.15, 0.2) is 0 Å². The first-order valence-electron chi connectivity index (χ1n) is 5.16. The van der Waals surface area contributed by atoms with Crippen molar-refractivity contribution in [3.05, 3.63) is 53.3 Å². The molecule has 1 aromatic carbocycles. The van der Waals surface area contributed by atoms with Gasteiger partial charge in [0.2, 0.25) is 0 Å². The molecule has 2 rings (SSSR count). The van der Waals surface area contributed by atoms with Crippen molar-refractivity contribution >= 4 is 6.29 Å². The minimum absolute atomic E-state index is 0.529. The number of carbonyl (C=O) groups is 1. The van der Waals surface area contributed by atoms with Gasteiger partial charge in [-0.25, -0.2) is 0 Å².